The van der Waals surface area contributed by atoms with Gasteiger partial charge in [0.15, 0.2) is 9.84 Å². The first-order valence-corrected chi connectivity index (χ1v) is 8.97. The van der Waals surface area contributed by atoms with E-state index in [1.165, 1.54) is 31.3 Å². The van der Waals surface area contributed by atoms with Crippen molar-refractivity contribution < 1.29 is 21.9 Å². The molecule has 1 N–H and O–H groups in total. The number of para-hydroxylation sites is 1. The van der Waals surface area contributed by atoms with E-state index < -0.39 is 25.9 Å². The summed E-state index contributed by atoms with van der Waals surface area (Å²) in [6.45, 7) is 0. The standard InChI is InChI=1S/C11H15NO5S2/c1-12(9-6-7-18(14,15)8-9)19(16,17)11-5-3-2-4-10(11)13/h2-5,9,13H,6-8H2,1H3. The Balaban J connectivity index is 2.34. The average Bonchev–Trinajstić information content (AvgIpc) is 2.69. The molecule has 0 spiro atoms. The summed E-state index contributed by atoms with van der Waals surface area (Å²) in [6, 6.07) is 5.03. The molecule has 0 aromatic heterocycles. The number of phenolic OH excluding ortho intramolecular Hbond substituents is 1. The van der Waals surface area contributed by atoms with Crippen LogP contribution in [0.2, 0.25) is 0 Å². The van der Waals surface area contributed by atoms with E-state index in [9.17, 15) is 21.9 Å². The topological polar surface area (TPSA) is 91.8 Å². The van der Waals surface area contributed by atoms with Crippen molar-refractivity contribution >= 4 is 19.9 Å². The van der Waals surface area contributed by atoms with Crippen molar-refractivity contribution in [1.82, 2.24) is 4.31 Å². The summed E-state index contributed by atoms with van der Waals surface area (Å²) < 4.78 is 48.5. The summed E-state index contributed by atoms with van der Waals surface area (Å²) in [6.07, 6.45) is 0.283. The fourth-order valence-corrected chi connectivity index (χ4v) is 5.42. The van der Waals surface area contributed by atoms with Gasteiger partial charge in [-0.15, -0.1) is 0 Å². The molecule has 0 radical (unpaired) electrons. The second-order valence-corrected chi connectivity index (χ2v) is 8.74. The zero-order valence-electron chi connectivity index (χ0n) is 10.4. The van der Waals surface area contributed by atoms with Crippen molar-refractivity contribution in [1.29, 1.82) is 0 Å². The minimum absolute atomic E-state index is 0.00169. The van der Waals surface area contributed by atoms with Gasteiger partial charge in [0.2, 0.25) is 10.0 Å². The van der Waals surface area contributed by atoms with Crippen LogP contribution in [-0.2, 0) is 19.9 Å². The van der Waals surface area contributed by atoms with Crippen LogP contribution in [0.5, 0.6) is 5.75 Å². The highest BCUT2D eigenvalue weighted by atomic mass is 32.2. The predicted octanol–water partition coefficient (Wildman–Crippen LogP) is 0.200. The fraction of sp³-hybridized carbons (Fsp3) is 0.455. The maximum absolute atomic E-state index is 12.3. The lowest BCUT2D eigenvalue weighted by Crippen LogP contribution is -2.37. The molecule has 1 fully saturated rings. The Kier molecular flexibility index (Phi) is 3.59. The predicted molar refractivity (Wildman–Crippen MR) is 70.1 cm³/mol. The van der Waals surface area contributed by atoms with Crippen LogP contribution >= 0.6 is 0 Å². The molecule has 0 bridgehead atoms. The smallest absolute Gasteiger partial charge is 0.246 e. The lowest BCUT2D eigenvalue weighted by molar-refractivity contribution is 0.389. The van der Waals surface area contributed by atoms with Gasteiger partial charge in [-0.1, -0.05) is 12.1 Å². The highest BCUT2D eigenvalue weighted by molar-refractivity contribution is 7.92. The Morgan fingerprint density at radius 3 is 2.47 bits per heavy atom. The molecular formula is C11H15NO5S2. The molecule has 6 nitrogen and oxygen atoms in total. The number of nitrogens with zero attached hydrogens (tertiary/aromatic N) is 1. The van der Waals surface area contributed by atoms with E-state index >= 15 is 0 Å². The van der Waals surface area contributed by atoms with E-state index in [-0.39, 0.29) is 28.6 Å². The van der Waals surface area contributed by atoms with Crippen molar-refractivity contribution in [3.63, 3.8) is 0 Å². The Hall–Kier alpha value is -1.12. The number of aromatic hydroxyl groups is 1. The van der Waals surface area contributed by atoms with Gasteiger partial charge in [0.25, 0.3) is 0 Å². The highest BCUT2D eigenvalue weighted by Crippen LogP contribution is 2.28. The summed E-state index contributed by atoms with van der Waals surface area (Å²) in [5.41, 5.74) is 0. The number of phenols is 1. The minimum atomic E-state index is -3.88. The quantitative estimate of drug-likeness (QED) is 0.861. The molecule has 1 unspecified atom stereocenters. The first-order valence-electron chi connectivity index (χ1n) is 5.70. The van der Waals surface area contributed by atoms with Crippen LogP contribution in [-0.4, -0.2) is 50.8 Å². The Labute approximate surface area is 112 Å². The molecule has 1 aromatic rings. The number of hydrogen-bond donors (Lipinski definition) is 1. The van der Waals surface area contributed by atoms with Gasteiger partial charge in [0, 0.05) is 13.1 Å². The summed E-state index contributed by atoms with van der Waals surface area (Å²) in [4.78, 5) is -0.207. The van der Waals surface area contributed by atoms with Gasteiger partial charge >= 0.3 is 0 Å². The van der Waals surface area contributed by atoms with Gasteiger partial charge in [-0.3, -0.25) is 0 Å². The number of sulfone groups is 1. The third kappa shape index (κ3) is 2.75. The second kappa shape index (κ2) is 4.77. The maximum Gasteiger partial charge on any atom is 0.246 e. The molecule has 106 valence electrons. The van der Waals surface area contributed by atoms with E-state index in [0.29, 0.717) is 0 Å². The van der Waals surface area contributed by atoms with Gasteiger partial charge in [-0.2, -0.15) is 4.31 Å². The number of hydrogen-bond acceptors (Lipinski definition) is 5. The average molecular weight is 305 g/mol. The Morgan fingerprint density at radius 2 is 1.95 bits per heavy atom. The molecule has 19 heavy (non-hydrogen) atoms. The second-order valence-electron chi connectivity index (χ2n) is 4.55. The molecule has 1 aromatic carbocycles. The molecule has 1 saturated heterocycles. The minimum Gasteiger partial charge on any atom is -0.507 e. The monoisotopic (exact) mass is 305 g/mol. The Morgan fingerprint density at radius 1 is 1.32 bits per heavy atom. The summed E-state index contributed by atoms with van der Waals surface area (Å²) in [5.74, 6) is -0.510. The molecule has 1 aliphatic rings. The van der Waals surface area contributed by atoms with Crippen molar-refractivity contribution in [3.8, 4) is 5.75 Å². The first-order chi connectivity index (χ1) is 8.74. The van der Waals surface area contributed by atoms with Crippen LogP contribution in [0.3, 0.4) is 0 Å². The van der Waals surface area contributed by atoms with Crippen LogP contribution in [0.25, 0.3) is 0 Å². The van der Waals surface area contributed by atoms with Gasteiger partial charge in [0.1, 0.15) is 10.6 Å². The van der Waals surface area contributed by atoms with Crippen LogP contribution < -0.4 is 0 Å². The van der Waals surface area contributed by atoms with Gasteiger partial charge in [0.05, 0.1) is 11.5 Å². The molecule has 0 saturated carbocycles. The molecular weight excluding hydrogens is 290 g/mol. The largest absolute Gasteiger partial charge is 0.507 e. The van der Waals surface area contributed by atoms with Gasteiger partial charge in [-0.25, -0.2) is 16.8 Å². The van der Waals surface area contributed by atoms with E-state index in [4.69, 9.17) is 0 Å². The van der Waals surface area contributed by atoms with Crippen molar-refractivity contribution in [3.05, 3.63) is 24.3 Å². The molecule has 8 heteroatoms. The normalized spacial score (nSPS) is 22.7. The number of rotatable bonds is 3. The zero-order valence-corrected chi connectivity index (χ0v) is 12.0. The van der Waals surface area contributed by atoms with E-state index in [2.05, 4.69) is 0 Å². The van der Waals surface area contributed by atoms with E-state index in [1.807, 2.05) is 0 Å². The molecule has 0 aliphatic carbocycles. The molecule has 1 aliphatic heterocycles. The molecule has 0 amide bonds. The lowest BCUT2D eigenvalue weighted by Gasteiger charge is -2.23. The SMILES string of the molecule is CN(C1CCS(=O)(=O)C1)S(=O)(=O)c1ccccc1O. The van der Waals surface area contributed by atoms with E-state index in [0.717, 1.165) is 4.31 Å². The number of sulfonamides is 1. The lowest BCUT2D eigenvalue weighted by atomic mass is 10.3. The van der Waals surface area contributed by atoms with Crippen LogP contribution in [0.4, 0.5) is 0 Å². The Bertz CT molecular complexity index is 681. The zero-order chi connectivity index (χ0) is 14.3. The van der Waals surface area contributed by atoms with Crippen LogP contribution in [0.1, 0.15) is 6.42 Å². The van der Waals surface area contributed by atoms with Gasteiger partial charge < -0.3 is 5.11 Å². The third-order valence-electron chi connectivity index (χ3n) is 3.24. The summed E-state index contributed by atoms with van der Waals surface area (Å²) in [5, 5.41) is 9.62. The van der Waals surface area contributed by atoms with E-state index in [1.54, 1.807) is 0 Å². The van der Waals surface area contributed by atoms with Crippen LogP contribution in [0, 0.1) is 0 Å². The van der Waals surface area contributed by atoms with Crippen LogP contribution in [0.15, 0.2) is 29.2 Å². The fourth-order valence-electron chi connectivity index (χ4n) is 2.09. The van der Waals surface area contributed by atoms with Crippen molar-refractivity contribution in [2.75, 3.05) is 18.6 Å². The van der Waals surface area contributed by atoms with Crippen molar-refractivity contribution in [2.45, 2.75) is 17.4 Å². The summed E-state index contributed by atoms with van der Waals surface area (Å²) >= 11 is 0. The highest BCUT2D eigenvalue weighted by Gasteiger charge is 2.37. The number of benzene rings is 1. The molecule has 1 atom stereocenters. The summed E-state index contributed by atoms with van der Waals surface area (Å²) in [7, 11) is -5.71. The maximum atomic E-state index is 12.3. The molecule has 1 heterocycles. The third-order valence-corrected chi connectivity index (χ3v) is 6.95. The van der Waals surface area contributed by atoms with Gasteiger partial charge in [-0.05, 0) is 18.6 Å². The van der Waals surface area contributed by atoms with Crippen molar-refractivity contribution in [2.24, 2.45) is 0 Å². The molecule has 2 rings (SSSR count). The first kappa shape index (κ1) is 14.3.